The average Bonchev–Trinajstić information content (AvgIpc) is 1.67. The molecule has 0 aliphatic carbocycles. The van der Waals surface area contributed by atoms with E-state index in [2.05, 4.69) is 6.58 Å². The van der Waals surface area contributed by atoms with Gasteiger partial charge in [0.1, 0.15) is 5.66 Å². The van der Waals surface area contributed by atoms with Crippen LogP contribution >= 0.6 is 0 Å². The summed E-state index contributed by atoms with van der Waals surface area (Å²) in [5.41, 5.74) is 9.00. The quantitative estimate of drug-likeness (QED) is 0.371. The van der Waals surface area contributed by atoms with Crippen molar-refractivity contribution in [1.82, 2.24) is 0 Å². The highest BCUT2D eigenvalue weighted by molar-refractivity contribution is 5.87. The third-order valence-electron chi connectivity index (χ3n) is 0.948. The molecule has 3 nitrogen and oxygen atoms in total. The van der Waals surface area contributed by atoms with E-state index in [1.807, 2.05) is 0 Å². The molecule has 0 aromatic carbocycles. The third-order valence-corrected chi connectivity index (χ3v) is 0.948. The summed E-state index contributed by atoms with van der Waals surface area (Å²) in [4.78, 5) is 10.4. The van der Waals surface area contributed by atoms with E-state index in [1.54, 1.807) is 0 Å². The number of ketones is 1. The molecule has 0 heterocycles. The molecule has 3 heteroatoms. The molecule has 0 atom stereocenters. The number of hydrogen-bond acceptors (Lipinski definition) is 3. The lowest BCUT2D eigenvalue weighted by Crippen LogP contribution is -2.53. The molecule has 0 radical (unpaired) electrons. The highest BCUT2D eigenvalue weighted by Crippen LogP contribution is 1.90. The Kier molecular flexibility index (Phi) is 1.89. The second kappa shape index (κ2) is 2.07. The van der Waals surface area contributed by atoms with E-state index in [4.69, 9.17) is 11.5 Å². The molecule has 0 aromatic heterocycles. The maximum Gasteiger partial charge on any atom is 0.168 e. The van der Waals surface area contributed by atoms with Crippen molar-refractivity contribution in [2.75, 3.05) is 0 Å². The zero-order valence-electron chi connectivity index (χ0n) is 4.85. The Labute approximate surface area is 48.4 Å². The first-order chi connectivity index (χ1) is 3.50. The maximum absolute atomic E-state index is 10.4. The Morgan fingerprint density at radius 1 is 1.75 bits per heavy atom. The summed E-state index contributed by atoms with van der Waals surface area (Å²) in [6.07, 6.45) is 1.22. The van der Waals surface area contributed by atoms with Gasteiger partial charge in [-0.25, -0.2) is 0 Å². The predicted octanol–water partition coefficient (Wildman–Crippen LogP) is -0.625. The van der Waals surface area contributed by atoms with Crippen molar-refractivity contribution in [3.05, 3.63) is 12.7 Å². The second-order valence-electron chi connectivity index (χ2n) is 1.69. The van der Waals surface area contributed by atoms with Crippen LogP contribution in [-0.2, 0) is 4.79 Å². The van der Waals surface area contributed by atoms with Crippen molar-refractivity contribution in [1.29, 1.82) is 0 Å². The van der Waals surface area contributed by atoms with Crippen LogP contribution in [0.25, 0.3) is 0 Å². The Morgan fingerprint density at radius 3 is 2.12 bits per heavy atom. The molecule has 0 bridgehead atoms. The predicted molar refractivity (Wildman–Crippen MR) is 32.0 cm³/mol. The molecule has 0 aromatic rings. The van der Waals surface area contributed by atoms with Gasteiger partial charge in [0, 0.05) is 0 Å². The van der Waals surface area contributed by atoms with Gasteiger partial charge >= 0.3 is 0 Å². The molecule has 0 aliphatic rings. The van der Waals surface area contributed by atoms with Gasteiger partial charge in [0.05, 0.1) is 0 Å². The molecule has 0 fully saturated rings. The summed E-state index contributed by atoms with van der Waals surface area (Å²) < 4.78 is 0. The zero-order valence-corrected chi connectivity index (χ0v) is 4.85. The number of Topliss-reactive ketones (excluding diaryl/α,β-unsaturated/α-hetero) is 1. The molecule has 0 unspecified atom stereocenters. The van der Waals surface area contributed by atoms with Gasteiger partial charge in [-0.15, -0.1) is 0 Å². The van der Waals surface area contributed by atoms with Gasteiger partial charge in [-0.3, -0.25) is 4.79 Å². The molecule has 0 amide bonds. The Hall–Kier alpha value is -0.670. The smallest absolute Gasteiger partial charge is 0.168 e. The van der Waals surface area contributed by atoms with Crippen LogP contribution in [0.2, 0.25) is 0 Å². The molecule has 0 aliphatic heterocycles. The largest absolute Gasteiger partial charge is 0.304 e. The maximum atomic E-state index is 10.4. The molecule has 0 saturated carbocycles. The Bertz CT molecular complexity index is 118. The van der Waals surface area contributed by atoms with Crippen LogP contribution in [0.1, 0.15) is 6.92 Å². The number of rotatable bonds is 2. The zero-order chi connectivity index (χ0) is 6.78. The van der Waals surface area contributed by atoms with Gasteiger partial charge in [-0.2, -0.15) is 0 Å². The Morgan fingerprint density at radius 2 is 2.12 bits per heavy atom. The number of hydrogen-bond donors (Lipinski definition) is 2. The lowest BCUT2D eigenvalue weighted by Gasteiger charge is -2.13. The molecule has 0 rings (SSSR count). The highest BCUT2D eigenvalue weighted by Gasteiger charge is 2.18. The Balaban J connectivity index is 4.12. The lowest BCUT2D eigenvalue weighted by molar-refractivity contribution is -0.120. The van der Waals surface area contributed by atoms with Crippen LogP contribution in [0.15, 0.2) is 12.7 Å². The molecule has 46 valence electrons. The lowest BCUT2D eigenvalue weighted by atomic mass is 10.1. The molecule has 4 N–H and O–H groups in total. The fourth-order valence-corrected chi connectivity index (χ4v) is 0.144. The van der Waals surface area contributed by atoms with E-state index >= 15 is 0 Å². The summed E-state index contributed by atoms with van der Waals surface area (Å²) in [7, 11) is 0. The van der Waals surface area contributed by atoms with Gasteiger partial charge < -0.3 is 11.5 Å². The minimum absolute atomic E-state index is 0.285. The average molecular weight is 114 g/mol. The number of carbonyl (C=O) groups excluding carboxylic acids is 1. The van der Waals surface area contributed by atoms with Crippen molar-refractivity contribution in [2.45, 2.75) is 12.6 Å². The van der Waals surface area contributed by atoms with Gasteiger partial charge in [0.15, 0.2) is 5.78 Å². The van der Waals surface area contributed by atoms with Crippen LogP contribution in [0.3, 0.4) is 0 Å². The van der Waals surface area contributed by atoms with Gasteiger partial charge in [0.25, 0.3) is 0 Å². The van der Waals surface area contributed by atoms with Crippen LogP contribution in [-0.4, -0.2) is 11.4 Å². The monoisotopic (exact) mass is 114 g/mol. The van der Waals surface area contributed by atoms with E-state index in [9.17, 15) is 4.79 Å². The first kappa shape index (κ1) is 7.33. The number of nitrogens with two attached hydrogens (primary N) is 2. The summed E-state index contributed by atoms with van der Waals surface area (Å²) in [5, 5.41) is 0. The first-order valence-electron chi connectivity index (χ1n) is 2.23. The van der Waals surface area contributed by atoms with Crippen molar-refractivity contribution in [3.8, 4) is 0 Å². The minimum Gasteiger partial charge on any atom is -0.304 e. The minimum atomic E-state index is -1.33. The van der Waals surface area contributed by atoms with Crippen LogP contribution < -0.4 is 11.5 Å². The van der Waals surface area contributed by atoms with E-state index < -0.39 is 5.66 Å². The summed E-state index contributed by atoms with van der Waals surface area (Å²) >= 11 is 0. The van der Waals surface area contributed by atoms with Crippen molar-refractivity contribution < 1.29 is 4.79 Å². The van der Waals surface area contributed by atoms with Crippen molar-refractivity contribution >= 4 is 5.78 Å². The summed E-state index contributed by atoms with van der Waals surface area (Å²) in [6.45, 7) is 4.60. The van der Waals surface area contributed by atoms with Gasteiger partial charge in [-0.1, -0.05) is 12.7 Å². The topological polar surface area (TPSA) is 69.1 Å². The van der Waals surface area contributed by atoms with Crippen molar-refractivity contribution in [3.63, 3.8) is 0 Å². The highest BCUT2D eigenvalue weighted by atomic mass is 16.1. The van der Waals surface area contributed by atoms with E-state index in [1.165, 1.54) is 13.0 Å². The SMILES string of the molecule is C=CC(N)(N)C(C)=O. The normalized spacial score (nSPS) is 10.9. The third kappa shape index (κ3) is 1.44. The molecule has 0 saturated heterocycles. The van der Waals surface area contributed by atoms with Crippen LogP contribution in [0.5, 0.6) is 0 Å². The molecular weight excluding hydrogens is 104 g/mol. The van der Waals surface area contributed by atoms with E-state index in [0.29, 0.717) is 0 Å². The van der Waals surface area contributed by atoms with Crippen molar-refractivity contribution in [2.24, 2.45) is 11.5 Å². The fourth-order valence-electron chi connectivity index (χ4n) is 0.144. The molecule has 8 heavy (non-hydrogen) atoms. The van der Waals surface area contributed by atoms with Gasteiger partial charge in [-0.05, 0) is 6.92 Å². The van der Waals surface area contributed by atoms with Crippen LogP contribution in [0.4, 0.5) is 0 Å². The summed E-state index contributed by atoms with van der Waals surface area (Å²) in [6, 6.07) is 0. The fraction of sp³-hybridized carbons (Fsp3) is 0.400. The summed E-state index contributed by atoms with van der Waals surface area (Å²) in [5.74, 6) is -0.285. The van der Waals surface area contributed by atoms with Gasteiger partial charge in [0.2, 0.25) is 0 Å². The first-order valence-corrected chi connectivity index (χ1v) is 2.23. The van der Waals surface area contributed by atoms with E-state index in [0.717, 1.165) is 0 Å². The molecular formula is C5H10N2O. The standard InChI is InChI=1S/C5H10N2O/c1-3-5(6,7)4(2)8/h3H,1,6-7H2,2H3. The second-order valence-corrected chi connectivity index (χ2v) is 1.69. The van der Waals surface area contributed by atoms with E-state index in [-0.39, 0.29) is 5.78 Å². The molecule has 0 spiro atoms. The van der Waals surface area contributed by atoms with Crippen LogP contribution in [0, 0.1) is 0 Å². The number of carbonyl (C=O) groups is 1.